The number of aryl methyl sites for hydroxylation is 1. The van der Waals surface area contributed by atoms with Gasteiger partial charge in [-0.25, -0.2) is 0 Å². The molecule has 0 amide bonds. The summed E-state index contributed by atoms with van der Waals surface area (Å²) >= 11 is 6.28. The third kappa shape index (κ3) is 3.17. The van der Waals surface area contributed by atoms with E-state index in [4.69, 9.17) is 16.3 Å². The lowest BCUT2D eigenvalue weighted by Gasteiger charge is -2.35. The molecule has 2 unspecified atom stereocenters. The van der Waals surface area contributed by atoms with Crippen LogP contribution in [0.5, 0.6) is 5.75 Å². The fourth-order valence-electron chi connectivity index (χ4n) is 4.09. The van der Waals surface area contributed by atoms with Gasteiger partial charge in [0, 0.05) is 10.9 Å². The van der Waals surface area contributed by atoms with E-state index in [0.717, 1.165) is 23.6 Å². The summed E-state index contributed by atoms with van der Waals surface area (Å²) in [6, 6.07) is 25.7. The number of methoxy groups -OCH3 is 1. The molecule has 25 heavy (non-hydrogen) atoms. The highest BCUT2D eigenvalue weighted by Gasteiger charge is 2.32. The van der Waals surface area contributed by atoms with Gasteiger partial charge in [-0.05, 0) is 65.3 Å². The lowest BCUT2D eigenvalue weighted by molar-refractivity contribution is 0.412. The SMILES string of the molecule is COc1ccc2c(c1)CCC(c1cccc(Cl)c1)C2c1ccccc1. The highest BCUT2D eigenvalue weighted by Crippen LogP contribution is 2.47. The van der Waals surface area contributed by atoms with E-state index in [2.05, 4.69) is 66.7 Å². The number of ether oxygens (including phenoxy) is 1. The molecule has 2 heteroatoms. The van der Waals surface area contributed by atoms with E-state index < -0.39 is 0 Å². The highest BCUT2D eigenvalue weighted by atomic mass is 35.5. The van der Waals surface area contributed by atoms with Crippen LogP contribution in [0.2, 0.25) is 5.02 Å². The standard InChI is InChI=1S/C23H21ClO/c1-25-20-11-13-22-18(15-20)10-12-21(17-8-5-9-19(24)14-17)23(22)16-6-3-2-4-7-16/h2-9,11,13-15,21,23H,10,12H2,1H3. The van der Waals surface area contributed by atoms with Gasteiger partial charge in [0.25, 0.3) is 0 Å². The molecule has 1 aliphatic rings. The zero-order chi connectivity index (χ0) is 17.2. The summed E-state index contributed by atoms with van der Waals surface area (Å²) in [6.07, 6.45) is 2.17. The van der Waals surface area contributed by atoms with E-state index in [1.54, 1.807) is 7.11 Å². The number of hydrogen-bond donors (Lipinski definition) is 0. The number of halogens is 1. The zero-order valence-corrected chi connectivity index (χ0v) is 15.0. The second-order valence-electron chi connectivity index (χ2n) is 6.65. The van der Waals surface area contributed by atoms with Crippen molar-refractivity contribution in [2.75, 3.05) is 7.11 Å². The van der Waals surface area contributed by atoms with Gasteiger partial charge >= 0.3 is 0 Å². The normalized spacial score (nSPS) is 19.3. The molecule has 0 saturated carbocycles. The van der Waals surface area contributed by atoms with Gasteiger partial charge in [0.15, 0.2) is 0 Å². The fourth-order valence-corrected chi connectivity index (χ4v) is 4.29. The average Bonchev–Trinajstić information content (AvgIpc) is 2.67. The maximum Gasteiger partial charge on any atom is 0.119 e. The topological polar surface area (TPSA) is 9.23 Å². The van der Waals surface area contributed by atoms with Crippen molar-refractivity contribution in [2.45, 2.75) is 24.7 Å². The number of benzene rings is 3. The van der Waals surface area contributed by atoms with Crippen LogP contribution >= 0.6 is 11.6 Å². The molecular formula is C23H21ClO. The molecule has 0 heterocycles. The van der Waals surface area contributed by atoms with Crippen LogP contribution in [0.25, 0.3) is 0 Å². The molecule has 2 atom stereocenters. The largest absolute Gasteiger partial charge is 0.497 e. The first-order valence-corrected chi connectivity index (χ1v) is 9.11. The number of hydrogen-bond acceptors (Lipinski definition) is 1. The van der Waals surface area contributed by atoms with E-state index in [1.807, 2.05) is 6.07 Å². The van der Waals surface area contributed by atoms with Gasteiger partial charge in [-0.3, -0.25) is 0 Å². The number of fused-ring (bicyclic) bond motifs is 1. The summed E-state index contributed by atoms with van der Waals surface area (Å²) in [6.45, 7) is 0. The second kappa shape index (κ2) is 6.93. The van der Waals surface area contributed by atoms with Crippen molar-refractivity contribution in [2.24, 2.45) is 0 Å². The molecule has 0 N–H and O–H groups in total. The van der Waals surface area contributed by atoms with Crippen molar-refractivity contribution in [1.82, 2.24) is 0 Å². The van der Waals surface area contributed by atoms with Gasteiger partial charge in [0.2, 0.25) is 0 Å². The molecule has 0 bridgehead atoms. The first-order valence-electron chi connectivity index (χ1n) is 8.73. The number of rotatable bonds is 3. The van der Waals surface area contributed by atoms with Crippen LogP contribution in [0.15, 0.2) is 72.8 Å². The smallest absolute Gasteiger partial charge is 0.119 e. The Balaban J connectivity index is 1.85. The maximum absolute atomic E-state index is 6.28. The minimum atomic E-state index is 0.342. The van der Waals surface area contributed by atoms with Crippen molar-refractivity contribution in [1.29, 1.82) is 0 Å². The van der Waals surface area contributed by atoms with Crippen LogP contribution < -0.4 is 4.74 Å². The Morgan fingerprint density at radius 3 is 2.44 bits per heavy atom. The minimum absolute atomic E-state index is 0.342. The molecule has 0 saturated heterocycles. The first-order chi connectivity index (χ1) is 12.3. The molecule has 0 spiro atoms. The van der Waals surface area contributed by atoms with E-state index in [-0.39, 0.29) is 0 Å². The van der Waals surface area contributed by atoms with E-state index in [9.17, 15) is 0 Å². The van der Waals surface area contributed by atoms with Crippen molar-refractivity contribution >= 4 is 11.6 Å². The van der Waals surface area contributed by atoms with E-state index in [0.29, 0.717) is 11.8 Å². The Hall–Kier alpha value is -2.25. The predicted octanol–water partition coefficient (Wildman–Crippen LogP) is 6.21. The summed E-state index contributed by atoms with van der Waals surface area (Å²) < 4.78 is 5.43. The van der Waals surface area contributed by atoms with Crippen LogP contribution in [0.4, 0.5) is 0 Å². The highest BCUT2D eigenvalue weighted by molar-refractivity contribution is 6.30. The van der Waals surface area contributed by atoms with Gasteiger partial charge in [-0.15, -0.1) is 0 Å². The monoisotopic (exact) mass is 348 g/mol. The van der Waals surface area contributed by atoms with E-state index >= 15 is 0 Å². The van der Waals surface area contributed by atoms with Gasteiger partial charge < -0.3 is 4.74 Å². The van der Waals surface area contributed by atoms with Crippen LogP contribution in [-0.2, 0) is 6.42 Å². The van der Waals surface area contributed by atoms with Gasteiger partial charge in [0.1, 0.15) is 5.75 Å². The Labute approximate surface area is 154 Å². The molecular weight excluding hydrogens is 328 g/mol. The third-order valence-electron chi connectivity index (χ3n) is 5.25. The summed E-state index contributed by atoms with van der Waals surface area (Å²) in [5.74, 6) is 1.71. The van der Waals surface area contributed by atoms with Gasteiger partial charge in [-0.2, -0.15) is 0 Å². The summed E-state index contributed by atoms with van der Waals surface area (Å²) in [5, 5.41) is 0.810. The molecule has 0 aliphatic heterocycles. The van der Waals surface area contributed by atoms with E-state index in [1.165, 1.54) is 22.3 Å². The van der Waals surface area contributed by atoms with Crippen molar-refractivity contribution < 1.29 is 4.74 Å². The van der Waals surface area contributed by atoms with Crippen LogP contribution in [0.3, 0.4) is 0 Å². The minimum Gasteiger partial charge on any atom is -0.497 e. The summed E-state index contributed by atoms with van der Waals surface area (Å²) in [7, 11) is 1.73. The van der Waals surface area contributed by atoms with Gasteiger partial charge in [0.05, 0.1) is 7.11 Å². The van der Waals surface area contributed by atoms with Crippen molar-refractivity contribution in [3.8, 4) is 5.75 Å². The van der Waals surface area contributed by atoms with Crippen molar-refractivity contribution in [3.63, 3.8) is 0 Å². The third-order valence-corrected chi connectivity index (χ3v) is 5.48. The Kier molecular flexibility index (Phi) is 4.50. The molecule has 126 valence electrons. The van der Waals surface area contributed by atoms with Gasteiger partial charge in [-0.1, -0.05) is 60.1 Å². The molecule has 3 aromatic rings. The van der Waals surface area contributed by atoms with Crippen LogP contribution in [-0.4, -0.2) is 7.11 Å². The Morgan fingerprint density at radius 1 is 0.880 bits per heavy atom. The second-order valence-corrected chi connectivity index (χ2v) is 7.09. The molecule has 4 rings (SSSR count). The van der Waals surface area contributed by atoms with Crippen molar-refractivity contribution in [3.05, 3.63) is 100 Å². The lowest BCUT2D eigenvalue weighted by atomic mass is 9.69. The van der Waals surface area contributed by atoms with Crippen LogP contribution in [0.1, 0.15) is 40.5 Å². The quantitative estimate of drug-likeness (QED) is 0.546. The molecule has 1 nitrogen and oxygen atoms in total. The molecule has 0 radical (unpaired) electrons. The Bertz CT molecular complexity index is 872. The zero-order valence-electron chi connectivity index (χ0n) is 14.3. The maximum atomic E-state index is 6.28. The summed E-state index contributed by atoms with van der Waals surface area (Å²) in [4.78, 5) is 0. The first kappa shape index (κ1) is 16.2. The predicted molar refractivity (Wildman–Crippen MR) is 104 cm³/mol. The fraction of sp³-hybridized carbons (Fsp3) is 0.217. The average molecular weight is 349 g/mol. The summed E-state index contributed by atoms with van der Waals surface area (Å²) in [5.41, 5.74) is 5.48. The van der Waals surface area contributed by atoms with Crippen LogP contribution in [0, 0.1) is 0 Å². The molecule has 3 aromatic carbocycles. The molecule has 0 fully saturated rings. The molecule has 0 aromatic heterocycles. The lowest BCUT2D eigenvalue weighted by Crippen LogP contribution is -2.20. The Morgan fingerprint density at radius 2 is 1.68 bits per heavy atom. The molecule has 1 aliphatic carbocycles.